The van der Waals surface area contributed by atoms with Gasteiger partial charge in [0.15, 0.2) is 0 Å². The average molecular weight is 377 g/mol. The van der Waals surface area contributed by atoms with Crippen LogP contribution in [0.5, 0.6) is 0 Å². The van der Waals surface area contributed by atoms with E-state index in [1.54, 1.807) is 12.1 Å². The van der Waals surface area contributed by atoms with Crippen molar-refractivity contribution in [2.75, 3.05) is 0 Å². The van der Waals surface area contributed by atoms with Crippen LogP contribution in [-0.4, -0.2) is 5.51 Å². The van der Waals surface area contributed by atoms with Crippen LogP contribution in [0.15, 0.2) is 28.0 Å². The zero-order valence-electron chi connectivity index (χ0n) is 14.3. The molecule has 1 heterocycles. The van der Waals surface area contributed by atoms with Gasteiger partial charge < -0.3 is 0 Å². The van der Waals surface area contributed by atoms with Crippen LogP contribution in [-0.2, 0) is 5.41 Å². The van der Waals surface area contributed by atoms with Crippen LogP contribution in [0.2, 0.25) is 0 Å². The summed E-state index contributed by atoms with van der Waals surface area (Å²) in [5.74, 6) is -0.0293. The number of alkyl halides is 3. The number of hydrogen-bond donors (Lipinski definition) is 0. The molecule has 1 saturated carbocycles. The number of benzene rings is 1. The molecule has 0 saturated heterocycles. The minimum absolute atomic E-state index is 0.0293. The maximum atomic E-state index is 14.1. The quantitative estimate of drug-likeness (QED) is 0.469. The molecule has 24 heavy (non-hydrogen) atoms. The van der Waals surface area contributed by atoms with Gasteiger partial charge in [-0.2, -0.15) is 13.2 Å². The molecule has 0 amide bonds. The maximum absolute atomic E-state index is 14.1. The molecule has 0 bridgehead atoms. The van der Waals surface area contributed by atoms with Gasteiger partial charge in [0.1, 0.15) is 0 Å². The monoisotopic (exact) mass is 376 g/mol. The summed E-state index contributed by atoms with van der Waals surface area (Å²) in [6.07, 6.45) is 6.49. The molecular weight excluding hydrogens is 353 g/mol. The van der Waals surface area contributed by atoms with Gasteiger partial charge in [-0.05, 0) is 72.3 Å². The van der Waals surface area contributed by atoms with Crippen LogP contribution in [0.25, 0.3) is 6.08 Å². The van der Waals surface area contributed by atoms with Crippen molar-refractivity contribution >= 4 is 26.0 Å². The third kappa shape index (κ3) is 2.90. The predicted octanol–water partition coefficient (Wildman–Crippen LogP) is 7.76. The Bertz CT molecular complexity index is 666. The summed E-state index contributed by atoms with van der Waals surface area (Å²) in [5, 5.41) is 0. The minimum atomic E-state index is -4.42. The lowest BCUT2D eigenvalue weighted by Gasteiger charge is -2.39. The predicted molar refractivity (Wildman–Crippen MR) is 97.5 cm³/mol. The van der Waals surface area contributed by atoms with Gasteiger partial charge in [-0.3, -0.25) is 0 Å². The van der Waals surface area contributed by atoms with Gasteiger partial charge in [0.25, 0.3) is 0 Å². The van der Waals surface area contributed by atoms with E-state index in [0.29, 0.717) is 15.4 Å². The number of halogens is 4. The molecule has 0 nitrogen and oxygen atoms in total. The third-order valence-corrected chi connectivity index (χ3v) is 9.39. The van der Waals surface area contributed by atoms with Crippen LogP contribution >= 0.6 is 19.9 Å². The van der Waals surface area contributed by atoms with Crippen LogP contribution in [0.3, 0.4) is 0 Å². The van der Waals surface area contributed by atoms with E-state index in [1.165, 1.54) is 0 Å². The Morgan fingerprint density at radius 2 is 1.67 bits per heavy atom. The second-order valence-electron chi connectivity index (χ2n) is 7.87. The van der Waals surface area contributed by atoms with Gasteiger partial charge >= 0.3 is 5.51 Å². The molecule has 1 atom stereocenters. The van der Waals surface area contributed by atoms with Gasteiger partial charge in [0, 0.05) is 4.90 Å². The van der Waals surface area contributed by atoms with Gasteiger partial charge in [-0.15, -0.1) is 0 Å². The first kappa shape index (κ1) is 18.2. The first-order valence-electron chi connectivity index (χ1n) is 8.50. The highest BCUT2D eigenvalue weighted by atomic mass is 35.7. The van der Waals surface area contributed by atoms with Crippen molar-refractivity contribution in [2.45, 2.75) is 68.7 Å². The number of hydrogen-bond acceptors (Lipinski definition) is 0. The lowest BCUT2D eigenvalue weighted by atomic mass is 9.86. The first-order chi connectivity index (χ1) is 11.0. The molecule has 1 aromatic carbocycles. The Morgan fingerprint density at radius 1 is 1.04 bits per heavy atom. The number of fused-ring (bicyclic) bond motifs is 1. The molecule has 1 fully saturated rings. The molecule has 1 unspecified atom stereocenters. The van der Waals surface area contributed by atoms with Gasteiger partial charge in [0.05, 0.1) is 0 Å². The van der Waals surface area contributed by atoms with Gasteiger partial charge in [-0.1, -0.05) is 52.2 Å². The second kappa shape index (κ2) is 5.98. The molecule has 1 aliphatic heterocycles. The maximum Gasteiger partial charge on any atom is 0.445 e. The van der Waals surface area contributed by atoms with E-state index < -0.39 is 14.7 Å². The van der Waals surface area contributed by atoms with Crippen molar-refractivity contribution in [1.82, 2.24) is 0 Å². The fourth-order valence-electron chi connectivity index (χ4n) is 3.72. The van der Waals surface area contributed by atoms with E-state index in [0.717, 1.165) is 37.7 Å². The molecule has 0 spiro atoms. The first-order valence-corrected chi connectivity index (χ1v) is 11.0. The van der Waals surface area contributed by atoms with Gasteiger partial charge in [-0.25, -0.2) is 0 Å². The van der Waals surface area contributed by atoms with Crippen molar-refractivity contribution in [2.24, 2.45) is 5.92 Å². The zero-order valence-corrected chi connectivity index (χ0v) is 15.9. The van der Waals surface area contributed by atoms with Crippen molar-refractivity contribution in [3.8, 4) is 0 Å². The summed E-state index contributed by atoms with van der Waals surface area (Å²) in [7, 11) is 3.02. The lowest BCUT2D eigenvalue weighted by molar-refractivity contribution is -0.0361. The molecule has 0 aromatic heterocycles. The molecular formula is C19H24ClF3S. The van der Waals surface area contributed by atoms with E-state index in [9.17, 15) is 13.2 Å². The summed E-state index contributed by atoms with van der Waals surface area (Å²) in [4.78, 5) is 0.738. The van der Waals surface area contributed by atoms with E-state index in [4.69, 9.17) is 10.7 Å². The Morgan fingerprint density at radius 3 is 2.21 bits per heavy atom. The van der Waals surface area contributed by atoms with E-state index in [1.807, 2.05) is 32.9 Å². The normalized spacial score (nSPS) is 28.2. The van der Waals surface area contributed by atoms with Crippen molar-refractivity contribution < 1.29 is 13.2 Å². The average Bonchev–Trinajstić information content (AvgIpc) is 2.81. The molecule has 3 rings (SSSR count). The standard InChI is InChI=1S/C19H24ClF3S/c1-18(2,3)15-10-9-14-11-16(13-7-5-4-6-8-13)24(20,17(14)12-15)19(21,22)23/h9-13H,4-8H2,1-3H3. The third-order valence-electron chi connectivity index (χ3n) is 5.13. The lowest BCUT2D eigenvalue weighted by Crippen LogP contribution is -2.21. The highest BCUT2D eigenvalue weighted by Gasteiger charge is 2.57. The SMILES string of the molecule is CC(C)(C)c1ccc2c(c1)S(Cl)(C(F)(F)F)C(C1CCCCC1)=C2. The van der Waals surface area contributed by atoms with Gasteiger partial charge in [0.2, 0.25) is 0 Å². The fraction of sp³-hybridized carbons (Fsp3) is 0.579. The summed E-state index contributed by atoms with van der Waals surface area (Å²) in [6, 6.07) is 5.46. The molecule has 1 aromatic rings. The van der Waals surface area contributed by atoms with Crippen LogP contribution in [0.1, 0.15) is 64.0 Å². The molecule has 2 aliphatic rings. The summed E-state index contributed by atoms with van der Waals surface area (Å²) < 4.78 is 42.4. The Kier molecular flexibility index (Phi) is 4.53. The summed E-state index contributed by atoms with van der Waals surface area (Å²) in [5.41, 5.74) is -3.06. The van der Waals surface area contributed by atoms with E-state index >= 15 is 0 Å². The van der Waals surface area contributed by atoms with Crippen molar-refractivity contribution in [1.29, 1.82) is 0 Å². The molecule has 0 radical (unpaired) electrons. The summed E-state index contributed by atoms with van der Waals surface area (Å²) in [6.45, 7) is 6.04. The zero-order chi connectivity index (χ0) is 17.8. The van der Waals surface area contributed by atoms with Crippen molar-refractivity contribution in [3.05, 3.63) is 34.2 Å². The largest absolute Gasteiger partial charge is 0.445 e. The highest BCUT2D eigenvalue weighted by molar-refractivity contribution is 8.54. The highest BCUT2D eigenvalue weighted by Crippen LogP contribution is 2.81. The van der Waals surface area contributed by atoms with E-state index in [2.05, 4.69) is 0 Å². The Hall–Kier alpha value is -0.610. The molecule has 1 aliphatic carbocycles. The fourth-order valence-corrected chi connectivity index (χ4v) is 7.13. The second-order valence-corrected chi connectivity index (χ2v) is 11.7. The van der Waals surface area contributed by atoms with Crippen LogP contribution in [0.4, 0.5) is 13.2 Å². The number of rotatable bonds is 1. The van der Waals surface area contributed by atoms with E-state index in [-0.39, 0.29) is 11.3 Å². The Balaban J connectivity index is 2.12. The summed E-state index contributed by atoms with van der Waals surface area (Å²) >= 11 is 0. The minimum Gasteiger partial charge on any atom is -0.160 e. The molecule has 0 N–H and O–H groups in total. The van der Waals surface area contributed by atoms with Crippen molar-refractivity contribution in [3.63, 3.8) is 0 Å². The molecule has 5 heteroatoms. The topological polar surface area (TPSA) is 0 Å². The van der Waals surface area contributed by atoms with Crippen LogP contribution < -0.4 is 0 Å². The smallest absolute Gasteiger partial charge is 0.160 e. The van der Waals surface area contributed by atoms with Crippen LogP contribution in [0, 0.1) is 5.92 Å². The number of allylic oxidation sites excluding steroid dienone is 1. The Labute approximate surface area is 148 Å². The molecule has 134 valence electrons.